The molecule has 2 unspecified atom stereocenters. The Morgan fingerprint density at radius 3 is 2.55 bits per heavy atom. The van der Waals surface area contributed by atoms with Crippen LogP contribution in [0.4, 0.5) is 0 Å². The van der Waals surface area contributed by atoms with Crippen molar-refractivity contribution in [3.63, 3.8) is 0 Å². The van der Waals surface area contributed by atoms with Crippen molar-refractivity contribution in [2.45, 2.75) is 48.5 Å². The molecule has 8 heteroatoms. The van der Waals surface area contributed by atoms with Crippen molar-refractivity contribution in [1.82, 2.24) is 9.97 Å². The number of methoxy groups -OCH3 is 1. The van der Waals surface area contributed by atoms with Crippen LogP contribution >= 0.6 is 0 Å². The van der Waals surface area contributed by atoms with Gasteiger partial charge >= 0.3 is 5.97 Å². The van der Waals surface area contributed by atoms with E-state index in [2.05, 4.69) is 9.97 Å². The molecule has 3 rings (SSSR count). The monoisotopic (exact) mass is 326 g/mol. The summed E-state index contributed by atoms with van der Waals surface area (Å²) < 4.78 is 34.2. The van der Waals surface area contributed by atoms with Crippen molar-refractivity contribution in [2.75, 3.05) is 13.4 Å². The zero-order valence-corrected chi connectivity index (χ0v) is 13.3. The van der Waals surface area contributed by atoms with Gasteiger partial charge in [0.05, 0.1) is 25.0 Å². The Kier molecular flexibility index (Phi) is 3.68. The van der Waals surface area contributed by atoms with E-state index in [9.17, 15) is 13.2 Å². The fourth-order valence-corrected chi connectivity index (χ4v) is 3.92. The third-order valence-corrected chi connectivity index (χ3v) is 5.24. The summed E-state index contributed by atoms with van der Waals surface area (Å²) in [4.78, 5) is 20.4. The van der Waals surface area contributed by atoms with Crippen molar-refractivity contribution in [1.29, 1.82) is 0 Å². The summed E-state index contributed by atoms with van der Waals surface area (Å²) in [5, 5.41) is -0.271. The molecule has 1 aromatic heterocycles. The molecule has 0 radical (unpaired) electrons. The van der Waals surface area contributed by atoms with E-state index in [1.165, 1.54) is 13.3 Å². The Labute approximate surface area is 129 Å². The molecule has 3 heterocycles. The van der Waals surface area contributed by atoms with Gasteiger partial charge in [0.25, 0.3) is 0 Å². The minimum Gasteiger partial charge on any atom is -0.468 e. The molecule has 7 nitrogen and oxygen atoms in total. The molecule has 2 aliphatic rings. The van der Waals surface area contributed by atoms with Gasteiger partial charge in [-0.2, -0.15) is 0 Å². The highest BCUT2D eigenvalue weighted by Crippen LogP contribution is 2.45. The SMILES string of the molecule is COC(=O)C1(c2ccnc(S(C)(=O)=O)n2)CC2CCC(C1)O2. The number of nitrogens with zero attached hydrogens (tertiary/aromatic N) is 2. The number of aromatic nitrogens is 2. The van der Waals surface area contributed by atoms with Gasteiger partial charge in [-0.15, -0.1) is 0 Å². The standard InChI is InChI=1S/C14H18N2O5S/c1-20-12(17)14(7-9-3-4-10(8-14)21-9)11-5-6-15-13(16-11)22(2,18)19/h5-6,9-10H,3-4,7-8H2,1-2H3. The minimum absolute atomic E-state index is 0.0190. The van der Waals surface area contributed by atoms with Crippen LogP contribution in [0.2, 0.25) is 0 Å². The number of sulfone groups is 1. The van der Waals surface area contributed by atoms with Crippen LogP contribution in [-0.2, 0) is 29.5 Å². The molecular formula is C14H18N2O5S. The minimum atomic E-state index is -3.54. The molecule has 0 N–H and O–H groups in total. The fraction of sp³-hybridized carbons (Fsp3) is 0.643. The summed E-state index contributed by atoms with van der Waals surface area (Å²) in [7, 11) is -2.21. The lowest BCUT2D eigenvalue weighted by molar-refractivity contribution is -0.155. The summed E-state index contributed by atoms with van der Waals surface area (Å²) in [5.74, 6) is -0.397. The van der Waals surface area contributed by atoms with Gasteiger partial charge in [-0.05, 0) is 31.7 Å². The van der Waals surface area contributed by atoms with E-state index in [1.807, 2.05) is 0 Å². The van der Waals surface area contributed by atoms with Crippen molar-refractivity contribution in [3.05, 3.63) is 18.0 Å². The lowest BCUT2D eigenvalue weighted by Gasteiger charge is -2.37. The van der Waals surface area contributed by atoms with Gasteiger partial charge in [0.1, 0.15) is 5.41 Å². The first kappa shape index (κ1) is 15.4. The van der Waals surface area contributed by atoms with Gasteiger partial charge < -0.3 is 9.47 Å². The molecule has 2 atom stereocenters. The number of carbonyl (C=O) groups excluding carboxylic acids is 1. The molecular weight excluding hydrogens is 308 g/mol. The molecule has 0 aliphatic carbocycles. The molecule has 0 saturated carbocycles. The molecule has 2 aliphatic heterocycles. The van der Waals surface area contributed by atoms with Crippen LogP contribution in [0.5, 0.6) is 0 Å². The van der Waals surface area contributed by atoms with Gasteiger partial charge in [-0.1, -0.05) is 0 Å². The van der Waals surface area contributed by atoms with Gasteiger partial charge in [0.2, 0.25) is 15.0 Å². The number of fused-ring (bicyclic) bond motifs is 2. The van der Waals surface area contributed by atoms with Crippen molar-refractivity contribution in [2.24, 2.45) is 0 Å². The Hall–Kier alpha value is -1.54. The largest absolute Gasteiger partial charge is 0.468 e. The van der Waals surface area contributed by atoms with Crippen LogP contribution < -0.4 is 0 Å². The number of hydrogen-bond acceptors (Lipinski definition) is 7. The highest BCUT2D eigenvalue weighted by molar-refractivity contribution is 7.90. The third kappa shape index (κ3) is 2.50. The molecule has 2 bridgehead atoms. The van der Waals surface area contributed by atoms with Crippen molar-refractivity contribution >= 4 is 15.8 Å². The first-order valence-corrected chi connectivity index (χ1v) is 9.02. The molecule has 2 saturated heterocycles. The lowest BCUT2D eigenvalue weighted by atomic mass is 9.74. The Balaban J connectivity index is 2.09. The number of ether oxygens (including phenoxy) is 2. The van der Waals surface area contributed by atoms with E-state index in [0.29, 0.717) is 18.5 Å². The number of carbonyl (C=O) groups is 1. The Morgan fingerprint density at radius 2 is 2.00 bits per heavy atom. The van der Waals surface area contributed by atoms with Gasteiger partial charge in [0.15, 0.2) is 0 Å². The Bertz CT molecular complexity index is 691. The molecule has 0 amide bonds. The third-order valence-electron chi connectivity index (χ3n) is 4.38. The first-order valence-electron chi connectivity index (χ1n) is 7.12. The fourth-order valence-electron chi connectivity index (χ4n) is 3.40. The van der Waals surface area contributed by atoms with Crippen LogP contribution in [0.25, 0.3) is 0 Å². The maximum atomic E-state index is 12.5. The highest BCUT2D eigenvalue weighted by Gasteiger charge is 2.52. The zero-order valence-electron chi connectivity index (χ0n) is 12.5. The predicted molar refractivity (Wildman–Crippen MR) is 76.0 cm³/mol. The molecule has 120 valence electrons. The number of rotatable bonds is 3. The summed E-state index contributed by atoms with van der Waals surface area (Å²) in [6, 6.07) is 1.59. The van der Waals surface area contributed by atoms with E-state index in [1.54, 1.807) is 6.07 Å². The van der Waals surface area contributed by atoms with E-state index in [0.717, 1.165) is 19.1 Å². The second-order valence-corrected chi connectivity index (χ2v) is 7.85. The van der Waals surface area contributed by atoms with E-state index in [-0.39, 0.29) is 17.4 Å². The normalized spacial score (nSPS) is 31.0. The van der Waals surface area contributed by atoms with E-state index >= 15 is 0 Å². The lowest BCUT2D eigenvalue weighted by Crippen LogP contribution is -2.46. The predicted octanol–water partition coefficient (Wildman–Crippen LogP) is 0.632. The zero-order chi connectivity index (χ0) is 16.0. The molecule has 22 heavy (non-hydrogen) atoms. The summed E-state index contributed by atoms with van der Waals surface area (Å²) in [6.45, 7) is 0. The van der Waals surface area contributed by atoms with E-state index < -0.39 is 21.2 Å². The number of esters is 1. The van der Waals surface area contributed by atoms with Crippen LogP contribution in [0, 0.1) is 0 Å². The smallest absolute Gasteiger partial charge is 0.318 e. The van der Waals surface area contributed by atoms with Gasteiger partial charge in [0, 0.05) is 12.5 Å². The van der Waals surface area contributed by atoms with Crippen molar-refractivity contribution in [3.8, 4) is 0 Å². The van der Waals surface area contributed by atoms with Gasteiger partial charge in [-0.3, -0.25) is 4.79 Å². The molecule has 2 fully saturated rings. The summed E-state index contributed by atoms with van der Waals surface area (Å²) in [6.07, 6.45) is 5.09. The maximum Gasteiger partial charge on any atom is 0.318 e. The van der Waals surface area contributed by atoms with Crippen LogP contribution in [0.1, 0.15) is 31.4 Å². The summed E-state index contributed by atoms with van der Waals surface area (Å²) >= 11 is 0. The van der Waals surface area contributed by atoms with E-state index in [4.69, 9.17) is 9.47 Å². The highest BCUT2D eigenvalue weighted by atomic mass is 32.2. The van der Waals surface area contributed by atoms with Crippen LogP contribution in [-0.4, -0.2) is 49.9 Å². The molecule has 0 aromatic carbocycles. The second-order valence-electron chi connectivity index (χ2n) is 5.94. The second kappa shape index (κ2) is 5.27. The van der Waals surface area contributed by atoms with Gasteiger partial charge in [-0.25, -0.2) is 18.4 Å². The Morgan fingerprint density at radius 1 is 1.36 bits per heavy atom. The average Bonchev–Trinajstić information content (AvgIpc) is 2.84. The molecule has 0 spiro atoms. The average molecular weight is 326 g/mol. The topological polar surface area (TPSA) is 95.5 Å². The molecule has 1 aromatic rings. The quantitative estimate of drug-likeness (QED) is 0.594. The van der Waals surface area contributed by atoms with Crippen LogP contribution in [0.3, 0.4) is 0 Å². The first-order chi connectivity index (χ1) is 10.3. The summed E-state index contributed by atoms with van der Waals surface area (Å²) in [5.41, 5.74) is -0.559. The number of hydrogen-bond donors (Lipinski definition) is 0. The maximum absolute atomic E-state index is 12.5. The van der Waals surface area contributed by atoms with Crippen molar-refractivity contribution < 1.29 is 22.7 Å². The van der Waals surface area contributed by atoms with Crippen LogP contribution in [0.15, 0.2) is 17.4 Å².